The molecular weight excluding hydrogens is 279 g/mol. The fourth-order valence-electron chi connectivity index (χ4n) is 2.89. The third-order valence-corrected chi connectivity index (χ3v) is 4.47. The highest BCUT2D eigenvalue weighted by Gasteiger charge is 2.37. The van der Waals surface area contributed by atoms with Crippen LogP contribution in [0.2, 0.25) is 5.02 Å². The molecule has 0 unspecified atom stereocenters. The van der Waals surface area contributed by atoms with Crippen LogP contribution in [0, 0.1) is 5.82 Å². The molecule has 2 nitrogen and oxygen atoms in total. The third-order valence-electron chi connectivity index (χ3n) is 4.16. The fraction of sp³-hybridized carbons (Fsp3) is 0.562. The van der Waals surface area contributed by atoms with Gasteiger partial charge in [0, 0.05) is 13.5 Å². The molecule has 1 fully saturated rings. The summed E-state index contributed by atoms with van der Waals surface area (Å²) in [5.41, 5.74) is -0.0374. The molecular formula is C16H20ClFO2. The van der Waals surface area contributed by atoms with E-state index in [9.17, 15) is 9.18 Å². The number of ketones is 1. The van der Waals surface area contributed by atoms with Gasteiger partial charge in [0.25, 0.3) is 0 Å². The maximum Gasteiger partial charge on any atom is 0.168 e. The Labute approximate surface area is 124 Å². The van der Waals surface area contributed by atoms with Gasteiger partial charge in [0.2, 0.25) is 0 Å². The zero-order chi connectivity index (χ0) is 14.6. The average molecular weight is 299 g/mol. The molecule has 0 N–H and O–H groups in total. The first-order valence-electron chi connectivity index (χ1n) is 7.10. The largest absolute Gasteiger partial charge is 0.370 e. The zero-order valence-corrected chi connectivity index (χ0v) is 12.5. The summed E-state index contributed by atoms with van der Waals surface area (Å²) in [6, 6.07) is 4.52. The van der Waals surface area contributed by atoms with Crippen LogP contribution in [-0.4, -0.2) is 18.5 Å². The molecule has 1 aromatic carbocycles. The van der Waals surface area contributed by atoms with Crippen LogP contribution in [-0.2, 0) is 16.0 Å². The van der Waals surface area contributed by atoms with Gasteiger partial charge in [0.05, 0.1) is 5.02 Å². The van der Waals surface area contributed by atoms with E-state index in [0.717, 1.165) is 38.5 Å². The highest BCUT2D eigenvalue weighted by molar-refractivity contribution is 6.30. The van der Waals surface area contributed by atoms with E-state index in [1.807, 2.05) is 0 Å². The summed E-state index contributed by atoms with van der Waals surface area (Å²) in [7, 11) is 1.60. The van der Waals surface area contributed by atoms with Crippen LogP contribution in [0.15, 0.2) is 18.2 Å². The number of benzene rings is 1. The standard InChI is InChI=1S/C16H20ClFO2/c1-20-16(8-4-2-3-5-9-16)15(19)11-12-6-7-13(17)14(18)10-12/h6-7,10H,2-5,8-9,11H2,1H3. The number of carbonyl (C=O) groups is 1. The van der Waals surface area contributed by atoms with Crippen LogP contribution in [0.25, 0.3) is 0 Å². The van der Waals surface area contributed by atoms with Gasteiger partial charge in [-0.05, 0) is 30.5 Å². The van der Waals surface area contributed by atoms with E-state index in [1.54, 1.807) is 13.2 Å². The molecule has 0 saturated heterocycles. The zero-order valence-electron chi connectivity index (χ0n) is 11.8. The summed E-state index contributed by atoms with van der Waals surface area (Å²) in [5, 5.41) is 0.0807. The summed E-state index contributed by atoms with van der Waals surface area (Å²) in [5.74, 6) is -0.437. The first-order chi connectivity index (χ1) is 9.57. The minimum absolute atomic E-state index is 0.0450. The third kappa shape index (κ3) is 3.39. The summed E-state index contributed by atoms with van der Waals surface area (Å²) < 4.78 is 19.0. The van der Waals surface area contributed by atoms with E-state index in [0.29, 0.717) is 5.56 Å². The van der Waals surface area contributed by atoms with E-state index in [2.05, 4.69) is 0 Å². The Balaban J connectivity index is 2.14. The lowest BCUT2D eigenvalue weighted by Gasteiger charge is -2.29. The van der Waals surface area contributed by atoms with Gasteiger partial charge in [-0.1, -0.05) is 43.4 Å². The van der Waals surface area contributed by atoms with Crippen molar-refractivity contribution in [3.8, 4) is 0 Å². The predicted molar refractivity (Wildman–Crippen MR) is 77.6 cm³/mol. The van der Waals surface area contributed by atoms with E-state index < -0.39 is 11.4 Å². The van der Waals surface area contributed by atoms with Gasteiger partial charge in [-0.3, -0.25) is 4.79 Å². The predicted octanol–water partition coefficient (Wildman–Crippen LogP) is 4.33. The number of rotatable bonds is 4. The van der Waals surface area contributed by atoms with Gasteiger partial charge < -0.3 is 4.74 Å². The van der Waals surface area contributed by atoms with Crippen molar-refractivity contribution in [3.05, 3.63) is 34.6 Å². The first kappa shape index (κ1) is 15.5. The van der Waals surface area contributed by atoms with Gasteiger partial charge in [-0.15, -0.1) is 0 Å². The molecule has 0 radical (unpaired) electrons. The molecule has 0 aliphatic heterocycles. The van der Waals surface area contributed by atoms with Crippen molar-refractivity contribution < 1.29 is 13.9 Å². The van der Waals surface area contributed by atoms with E-state index >= 15 is 0 Å². The molecule has 0 atom stereocenters. The Hall–Kier alpha value is -0.930. The van der Waals surface area contributed by atoms with Crippen LogP contribution in [0.5, 0.6) is 0 Å². The molecule has 1 aliphatic rings. The molecule has 1 aliphatic carbocycles. The monoisotopic (exact) mass is 298 g/mol. The molecule has 0 bridgehead atoms. The molecule has 0 spiro atoms. The van der Waals surface area contributed by atoms with Crippen molar-refractivity contribution in [2.45, 2.75) is 50.5 Å². The second kappa shape index (κ2) is 6.68. The Kier molecular flexibility index (Phi) is 5.17. The maximum atomic E-state index is 13.4. The normalized spacial score (nSPS) is 18.6. The molecule has 2 rings (SSSR count). The van der Waals surface area contributed by atoms with Crippen molar-refractivity contribution in [2.75, 3.05) is 7.11 Å². The van der Waals surface area contributed by atoms with Gasteiger partial charge in [0.15, 0.2) is 5.78 Å². The second-order valence-corrected chi connectivity index (χ2v) is 5.87. The molecule has 1 aromatic rings. The molecule has 4 heteroatoms. The fourth-order valence-corrected chi connectivity index (χ4v) is 3.01. The summed E-state index contributed by atoms with van der Waals surface area (Å²) in [4.78, 5) is 12.6. The van der Waals surface area contributed by atoms with Crippen molar-refractivity contribution in [2.24, 2.45) is 0 Å². The lowest BCUT2D eigenvalue weighted by Crippen LogP contribution is -2.41. The topological polar surface area (TPSA) is 26.3 Å². The minimum atomic E-state index is -0.688. The van der Waals surface area contributed by atoms with Crippen molar-refractivity contribution in [3.63, 3.8) is 0 Å². The average Bonchev–Trinajstić information content (AvgIpc) is 2.69. The smallest absolute Gasteiger partial charge is 0.168 e. The Morgan fingerprint density at radius 2 is 1.95 bits per heavy atom. The number of hydrogen-bond acceptors (Lipinski definition) is 2. The number of ether oxygens (including phenoxy) is 1. The second-order valence-electron chi connectivity index (χ2n) is 5.46. The SMILES string of the molecule is COC1(C(=O)Cc2ccc(Cl)c(F)c2)CCCCCC1. The number of methoxy groups -OCH3 is 1. The Morgan fingerprint density at radius 1 is 1.30 bits per heavy atom. The van der Waals surface area contributed by atoms with Gasteiger partial charge in [0.1, 0.15) is 11.4 Å². The van der Waals surface area contributed by atoms with Gasteiger partial charge in [-0.2, -0.15) is 0 Å². The summed E-state index contributed by atoms with van der Waals surface area (Å²) in [6.07, 6.45) is 6.03. The highest BCUT2D eigenvalue weighted by Crippen LogP contribution is 2.32. The highest BCUT2D eigenvalue weighted by atomic mass is 35.5. The van der Waals surface area contributed by atoms with Crippen LogP contribution >= 0.6 is 11.6 Å². The van der Waals surface area contributed by atoms with E-state index in [4.69, 9.17) is 16.3 Å². The number of carbonyl (C=O) groups excluding carboxylic acids is 1. The summed E-state index contributed by atoms with van der Waals surface area (Å²) in [6.45, 7) is 0. The molecule has 20 heavy (non-hydrogen) atoms. The minimum Gasteiger partial charge on any atom is -0.370 e. The lowest BCUT2D eigenvalue weighted by molar-refractivity contribution is -0.142. The molecule has 0 aromatic heterocycles. The van der Waals surface area contributed by atoms with Crippen LogP contribution in [0.4, 0.5) is 4.39 Å². The number of hydrogen-bond donors (Lipinski definition) is 0. The molecule has 0 amide bonds. The lowest BCUT2D eigenvalue weighted by atomic mass is 9.86. The number of Topliss-reactive ketones (excluding diaryl/α,β-unsaturated/α-hetero) is 1. The van der Waals surface area contributed by atoms with E-state index in [1.165, 1.54) is 12.1 Å². The first-order valence-corrected chi connectivity index (χ1v) is 7.47. The van der Waals surface area contributed by atoms with Crippen LogP contribution < -0.4 is 0 Å². The quantitative estimate of drug-likeness (QED) is 0.773. The molecule has 1 saturated carbocycles. The Morgan fingerprint density at radius 3 is 2.50 bits per heavy atom. The van der Waals surface area contributed by atoms with Gasteiger partial charge in [-0.25, -0.2) is 4.39 Å². The van der Waals surface area contributed by atoms with Crippen molar-refractivity contribution in [1.82, 2.24) is 0 Å². The van der Waals surface area contributed by atoms with Crippen LogP contribution in [0.3, 0.4) is 0 Å². The number of halogens is 2. The Bertz CT molecular complexity index is 479. The summed E-state index contributed by atoms with van der Waals surface area (Å²) >= 11 is 5.66. The van der Waals surface area contributed by atoms with Crippen molar-refractivity contribution >= 4 is 17.4 Å². The van der Waals surface area contributed by atoms with Gasteiger partial charge >= 0.3 is 0 Å². The molecule has 0 heterocycles. The van der Waals surface area contributed by atoms with Crippen LogP contribution in [0.1, 0.15) is 44.1 Å². The van der Waals surface area contributed by atoms with E-state index in [-0.39, 0.29) is 17.2 Å². The molecule has 110 valence electrons. The van der Waals surface area contributed by atoms with Crippen molar-refractivity contribution in [1.29, 1.82) is 0 Å². The maximum absolute atomic E-state index is 13.4.